The van der Waals surface area contributed by atoms with Crippen molar-refractivity contribution in [3.05, 3.63) is 59.0 Å². The first-order valence-electron chi connectivity index (χ1n) is 5.72. The van der Waals surface area contributed by atoms with Crippen molar-refractivity contribution >= 4 is 17.4 Å². The molecule has 3 nitrogen and oxygen atoms in total. The predicted octanol–water partition coefficient (Wildman–Crippen LogP) is 3.29. The van der Waals surface area contributed by atoms with Gasteiger partial charge in [0.05, 0.1) is 18.8 Å². The first-order chi connectivity index (χ1) is 8.66. The quantitative estimate of drug-likeness (QED) is 0.842. The maximum Gasteiger partial charge on any atom is 0.179 e. The van der Waals surface area contributed by atoms with Gasteiger partial charge in [-0.1, -0.05) is 11.6 Å². The highest BCUT2D eigenvalue weighted by Crippen LogP contribution is 2.11. The fraction of sp³-hybridized carbons (Fsp3) is 0.214. The number of hydrogen-bond acceptors (Lipinski definition) is 3. The Morgan fingerprint density at radius 1 is 1.33 bits per heavy atom. The van der Waals surface area contributed by atoms with E-state index in [0.717, 1.165) is 5.76 Å². The number of rotatable bonds is 5. The molecule has 0 radical (unpaired) electrons. The van der Waals surface area contributed by atoms with E-state index in [2.05, 4.69) is 5.32 Å². The molecule has 0 bridgehead atoms. The van der Waals surface area contributed by atoms with Crippen molar-refractivity contribution < 1.29 is 9.21 Å². The third-order valence-electron chi connectivity index (χ3n) is 2.68. The number of nitrogens with one attached hydrogen (secondary N) is 1. The Labute approximate surface area is 111 Å². The Morgan fingerprint density at radius 2 is 2.06 bits per heavy atom. The molecule has 1 aromatic carbocycles. The molecule has 0 fully saturated rings. The van der Waals surface area contributed by atoms with Crippen molar-refractivity contribution in [3.63, 3.8) is 0 Å². The van der Waals surface area contributed by atoms with Crippen LogP contribution in [0.1, 0.15) is 23.0 Å². The van der Waals surface area contributed by atoms with Crippen LogP contribution < -0.4 is 5.32 Å². The molecule has 1 heterocycles. The Hall–Kier alpha value is -1.58. The largest absolute Gasteiger partial charge is 0.468 e. The first-order valence-corrected chi connectivity index (χ1v) is 6.10. The summed E-state index contributed by atoms with van der Waals surface area (Å²) in [6.45, 7) is 2.37. The number of furan rings is 1. The maximum absolute atomic E-state index is 12.1. The van der Waals surface area contributed by atoms with Crippen LogP contribution in [0.2, 0.25) is 5.02 Å². The van der Waals surface area contributed by atoms with Gasteiger partial charge in [-0.05, 0) is 43.3 Å². The van der Waals surface area contributed by atoms with Gasteiger partial charge in [0.2, 0.25) is 0 Å². The number of carbonyl (C=O) groups is 1. The number of benzene rings is 1. The van der Waals surface area contributed by atoms with Gasteiger partial charge in [0.25, 0.3) is 0 Å². The highest BCUT2D eigenvalue weighted by atomic mass is 35.5. The Bertz CT molecular complexity index is 505. The fourth-order valence-corrected chi connectivity index (χ4v) is 1.75. The van der Waals surface area contributed by atoms with Gasteiger partial charge < -0.3 is 9.73 Å². The molecule has 2 aromatic rings. The predicted molar refractivity (Wildman–Crippen MR) is 70.8 cm³/mol. The molecule has 0 aliphatic heterocycles. The number of halogens is 1. The van der Waals surface area contributed by atoms with Crippen LogP contribution in [-0.4, -0.2) is 11.8 Å². The van der Waals surface area contributed by atoms with Gasteiger partial charge in [-0.2, -0.15) is 0 Å². The first kappa shape index (κ1) is 12.9. The minimum atomic E-state index is -0.267. The summed E-state index contributed by atoms with van der Waals surface area (Å²) in [5.74, 6) is 0.851. The van der Waals surface area contributed by atoms with Crippen LogP contribution in [-0.2, 0) is 6.54 Å². The van der Waals surface area contributed by atoms with Crippen LogP contribution in [0.3, 0.4) is 0 Å². The van der Waals surface area contributed by atoms with Crippen LogP contribution >= 0.6 is 11.6 Å². The summed E-state index contributed by atoms with van der Waals surface area (Å²) in [6, 6.07) is 10.3. The van der Waals surface area contributed by atoms with E-state index >= 15 is 0 Å². The van der Waals surface area contributed by atoms with Crippen molar-refractivity contribution in [1.29, 1.82) is 0 Å². The molecule has 0 saturated carbocycles. The van der Waals surface area contributed by atoms with E-state index in [-0.39, 0.29) is 11.8 Å². The summed E-state index contributed by atoms with van der Waals surface area (Å²) in [7, 11) is 0. The van der Waals surface area contributed by atoms with Gasteiger partial charge in [0.1, 0.15) is 5.76 Å². The highest BCUT2D eigenvalue weighted by molar-refractivity contribution is 6.30. The molecule has 1 aromatic heterocycles. The lowest BCUT2D eigenvalue weighted by atomic mass is 10.1. The summed E-state index contributed by atoms with van der Waals surface area (Å²) < 4.78 is 5.19. The van der Waals surface area contributed by atoms with Crippen molar-refractivity contribution in [2.45, 2.75) is 19.5 Å². The highest BCUT2D eigenvalue weighted by Gasteiger charge is 2.14. The monoisotopic (exact) mass is 263 g/mol. The van der Waals surface area contributed by atoms with Gasteiger partial charge in [-0.3, -0.25) is 4.79 Å². The summed E-state index contributed by atoms with van der Waals surface area (Å²) in [4.78, 5) is 12.1. The molecule has 1 unspecified atom stereocenters. The maximum atomic E-state index is 12.1. The second kappa shape index (κ2) is 5.85. The lowest BCUT2D eigenvalue weighted by Crippen LogP contribution is -2.33. The SMILES string of the molecule is CC(NCc1ccco1)C(=O)c1ccc(Cl)cc1. The summed E-state index contributed by atoms with van der Waals surface area (Å²) in [5.41, 5.74) is 0.652. The average molecular weight is 264 g/mol. The molecular weight excluding hydrogens is 250 g/mol. The van der Waals surface area contributed by atoms with Crippen molar-refractivity contribution in [3.8, 4) is 0 Å². The average Bonchev–Trinajstić information content (AvgIpc) is 2.89. The molecule has 1 atom stereocenters. The van der Waals surface area contributed by atoms with E-state index in [1.165, 1.54) is 0 Å². The smallest absolute Gasteiger partial charge is 0.179 e. The van der Waals surface area contributed by atoms with Gasteiger partial charge in [0, 0.05) is 10.6 Å². The molecule has 94 valence electrons. The topological polar surface area (TPSA) is 42.2 Å². The molecule has 0 aliphatic rings. The Balaban J connectivity index is 1.94. The molecule has 0 spiro atoms. The van der Waals surface area contributed by atoms with Gasteiger partial charge in [0.15, 0.2) is 5.78 Å². The van der Waals surface area contributed by atoms with E-state index in [0.29, 0.717) is 17.1 Å². The Kier molecular flexibility index (Phi) is 4.18. The number of hydrogen-bond donors (Lipinski definition) is 1. The standard InChI is InChI=1S/C14H14ClNO2/c1-10(16-9-13-3-2-8-18-13)14(17)11-4-6-12(15)7-5-11/h2-8,10,16H,9H2,1H3. The minimum Gasteiger partial charge on any atom is -0.468 e. The van der Waals surface area contributed by atoms with Crippen LogP contribution in [0, 0.1) is 0 Å². The third-order valence-corrected chi connectivity index (χ3v) is 2.94. The van der Waals surface area contributed by atoms with E-state index in [1.807, 2.05) is 19.1 Å². The third kappa shape index (κ3) is 3.22. The zero-order valence-corrected chi connectivity index (χ0v) is 10.8. The zero-order valence-electron chi connectivity index (χ0n) is 10.0. The van der Waals surface area contributed by atoms with Gasteiger partial charge in [-0.15, -0.1) is 0 Å². The number of ketones is 1. The van der Waals surface area contributed by atoms with E-state index < -0.39 is 0 Å². The molecule has 0 aliphatic carbocycles. The van der Waals surface area contributed by atoms with Crippen LogP contribution in [0.25, 0.3) is 0 Å². The normalized spacial score (nSPS) is 12.3. The molecular formula is C14H14ClNO2. The minimum absolute atomic E-state index is 0.0400. The van der Waals surface area contributed by atoms with Crippen LogP contribution in [0.5, 0.6) is 0 Å². The zero-order chi connectivity index (χ0) is 13.0. The van der Waals surface area contributed by atoms with E-state index in [4.69, 9.17) is 16.0 Å². The summed E-state index contributed by atoms with van der Waals surface area (Å²) >= 11 is 5.79. The molecule has 4 heteroatoms. The second-order valence-electron chi connectivity index (χ2n) is 4.05. The number of carbonyl (C=O) groups excluding carboxylic acids is 1. The molecule has 1 N–H and O–H groups in total. The number of Topliss-reactive ketones (excluding diaryl/α,β-unsaturated/α-hetero) is 1. The van der Waals surface area contributed by atoms with Crippen LogP contribution in [0.15, 0.2) is 47.1 Å². The van der Waals surface area contributed by atoms with E-state index in [1.54, 1.807) is 30.5 Å². The summed E-state index contributed by atoms with van der Waals surface area (Å²) in [5, 5.41) is 3.75. The van der Waals surface area contributed by atoms with Crippen molar-refractivity contribution in [1.82, 2.24) is 5.32 Å². The van der Waals surface area contributed by atoms with Gasteiger partial charge in [-0.25, -0.2) is 0 Å². The Morgan fingerprint density at radius 3 is 2.67 bits per heavy atom. The summed E-state index contributed by atoms with van der Waals surface area (Å²) in [6.07, 6.45) is 1.61. The lowest BCUT2D eigenvalue weighted by molar-refractivity contribution is 0.0949. The van der Waals surface area contributed by atoms with E-state index in [9.17, 15) is 4.79 Å². The van der Waals surface area contributed by atoms with Crippen molar-refractivity contribution in [2.75, 3.05) is 0 Å². The van der Waals surface area contributed by atoms with Crippen molar-refractivity contribution in [2.24, 2.45) is 0 Å². The fourth-order valence-electron chi connectivity index (χ4n) is 1.62. The van der Waals surface area contributed by atoms with Gasteiger partial charge >= 0.3 is 0 Å². The van der Waals surface area contributed by atoms with Crippen LogP contribution in [0.4, 0.5) is 0 Å². The molecule has 0 saturated heterocycles. The molecule has 0 amide bonds. The molecule has 18 heavy (non-hydrogen) atoms. The second-order valence-corrected chi connectivity index (χ2v) is 4.49. The lowest BCUT2D eigenvalue weighted by Gasteiger charge is -2.11. The molecule has 2 rings (SSSR count).